The highest BCUT2D eigenvalue weighted by Gasteiger charge is 2.27. The fourth-order valence-electron chi connectivity index (χ4n) is 2.79. The highest BCUT2D eigenvalue weighted by Crippen LogP contribution is 2.41. The molecule has 0 N–H and O–H groups in total. The van der Waals surface area contributed by atoms with E-state index in [-0.39, 0.29) is 18.2 Å². The van der Waals surface area contributed by atoms with Crippen LogP contribution in [0.15, 0.2) is 36.2 Å². The Bertz CT molecular complexity index is 699. The highest BCUT2D eigenvalue weighted by atomic mass is 16.7. The Morgan fingerprint density at radius 1 is 1.32 bits per heavy atom. The van der Waals surface area contributed by atoms with Gasteiger partial charge in [0.2, 0.25) is 12.5 Å². The molecule has 2 aliphatic rings. The third-order valence-electron chi connectivity index (χ3n) is 4.09. The van der Waals surface area contributed by atoms with Gasteiger partial charge in [0.15, 0.2) is 5.75 Å². The van der Waals surface area contributed by atoms with Gasteiger partial charge in [-0.3, -0.25) is 10.1 Å². The largest absolute Gasteiger partial charge is 0.494 e. The predicted octanol–water partition coefficient (Wildman–Crippen LogP) is 3.74. The maximum Gasteiger partial charge on any atom is 0.315 e. The summed E-state index contributed by atoms with van der Waals surface area (Å²) in [6.07, 6.45) is 9.31. The van der Waals surface area contributed by atoms with Crippen LogP contribution in [-0.2, 0) is 11.3 Å². The van der Waals surface area contributed by atoms with E-state index >= 15 is 0 Å². The summed E-state index contributed by atoms with van der Waals surface area (Å²) in [6, 6.07) is 3.34. The minimum Gasteiger partial charge on any atom is -0.494 e. The Kier molecular flexibility index (Phi) is 5.42. The summed E-state index contributed by atoms with van der Waals surface area (Å²) in [4.78, 5) is 12.8. The molecule has 1 aromatic carbocycles. The number of benzene rings is 1. The zero-order valence-electron chi connectivity index (χ0n) is 14.3. The lowest BCUT2D eigenvalue weighted by Crippen LogP contribution is -2.20. The third kappa shape index (κ3) is 4.23. The molecule has 7 nitrogen and oxygen atoms in total. The third-order valence-corrected chi connectivity index (χ3v) is 4.09. The maximum atomic E-state index is 11.2. The number of nitro benzene ring substituents is 1. The number of fused-ring (bicyclic) bond motifs is 1. The Balaban J connectivity index is 1.59. The number of hydrogen-bond donors (Lipinski definition) is 0. The van der Waals surface area contributed by atoms with Crippen molar-refractivity contribution < 1.29 is 19.1 Å². The molecular formula is C18H22N2O5. The SMILES string of the molecule is CCCCCOC1=CCN(Cc2cc3c(c([N+](=O)[O-])c2)OCO3)C=C1. The molecule has 0 aliphatic carbocycles. The summed E-state index contributed by atoms with van der Waals surface area (Å²) < 4.78 is 16.2. The van der Waals surface area contributed by atoms with Crippen molar-refractivity contribution in [2.24, 2.45) is 0 Å². The van der Waals surface area contributed by atoms with Gasteiger partial charge in [-0.05, 0) is 30.2 Å². The van der Waals surface area contributed by atoms with E-state index in [1.165, 1.54) is 12.8 Å². The first-order chi connectivity index (χ1) is 12.2. The van der Waals surface area contributed by atoms with Crippen LogP contribution in [-0.4, -0.2) is 29.8 Å². The second-order valence-electron chi connectivity index (χ2n) is 6.01. The Hall–Kier alpha value is -2.70. The van der Waals surface area contributed by atoms with Gasteiger partial charge in [0, 0.05) is 25.4 Å². The molecule has 0 bridgehead atoms. The molecule has 0 saturated carbocycles. The van der Waals surface area contributed by atoms with Gasteiger partial charge in [0.1, 0.15) is 5.76 Å². The van der Waals surface area contributed by atoms with Crippen molar-refractivity contribution in [3.63, 3.8) is 0 Å². The number of nitro groups is 1. The van der Waals surface area contributed by atoms with Crippen LogP contribution < -0.4 is 9.47 Å². The summed E-state index contributed by atoms with van der Waals surface area (Å²) in [5, 5.41) is 11.2. The lowest BCUT2D eigenvalue weighted by atomic mass is 10.1. The van der Waals surface area contributed by atoms with Gasteiger partial charge in [0.05, 0.1) is 11.5 Å². The van der Waals surface area contributed by atoms with Gasteiger partial charge in [0.25, 0.3) is 0 Å². The second kappa shape index (κ2) is 7.92. The Morgan fingerprint density at radius 3 is 2.92 bits per heavy atom. The van der Waals surface area contributed by atoms with E-state index in [9.17, 15) is 10.1 Å². The van der Waals surface area contributed by atoms with E-state index in [1.807, 2.05) is 18.4 Å². The molecule has 25 heavy (non-hydrogen) atoms. The van der Waals surface area contributed by atoms with Crippen LogP contribution in [0.5, 0.6) is 11.5 Å². The summed E-state index contributed by atoms with van der Waals surface area (Å²) in [5.74, 6) is 1.52. The maximum absolute atomic E-state index is 11.2. The van der Waals surface area contributed by atoms with Gasteiger partial charge >= 0.3 is 5.69 Å². The van der Waals surface area contributed by atoms with Gasteiger partial charge < -0.3 is 19.1 Å². The standard InChI is InChI=1S/C18H22N2O5/c1-2-3-4-9-23-15-5-7-19(8-6-15)12-14-10-16(20(21)22)18-17(11-14)24-13-25-18/h5-7,10-11H,2-4,8-9,12-13H2,1H3. The molecule has 3 rings (SSSR count). The lowest BCUT2D eigenvalue weighted by Gasteiger charge is -2.23. The normalized spacial score (nSPS) is 15.2. The molecule has 1 aromatic rings. The number of nitrogens with zero attached hydrogens (tertiary/aromatic N) is 2. The number of rotatable bonds is 8. The minimum absolute atomic E-state index is 0.0186. The molecule has 0 aromatic heterocycles. The molecule has 0 atom stereocenters. The Labute approximate surface area is 146 Å². The zero-order chi connectivity index (χ0) is 17.6. The van der Waals surface area contributed by atoms with Crippen molar-refractivity contribution in [1.29, 1.82) is 0 Å². The molecule has 2 aliphatic heterocycles. The molecule has 0 spiro atoms. The molecule has 7 heteroatoms. The molecule has 0 saturated heterocycles. The summed E-state index contributed by atoms with van der Waals surface area (Å²) >= 11 is 0. The van der Waals surface area contributed by atoms with Crippen molar-refractivity contribution in [2.75, 3.05) is 19.9 Å². The zero-order valence-corrected chi connectivity index (χ0v) is 14.3. The first-order valence-electron chi connectivity index (χ1n) is 8.49. The number of ether oxygens (including phenoxy) is 3. The fourth-order valence-corrected chi connectivity index (χ4v) is 2.79. The van der Waals surface area contributed by atoms with Gasteiger partial charge in [-0.1, -0.05) is 19.8 Å². The van der Waals surface area contributed by atoms with E-state index in [1.54, 1.807) is 12.1 Å². The van der Waals surface area contributed by atoms with Crippen LogP contribution >= 0.6 is 0 Å². The van der Waals surface area contributed by atoms with Crippen LogP contribution in [0, 0.1) is 10.1 Å². The van der Waals surface area contributed by atoms with Crippen molar-refractivity contribution in [3.8, 4) is 11.5 Å². The number of hydrogen-bond acceptors (Lipinski definition) is 6. The van der Waals surface area contributed by atoms with Crippen molar-refractivity contribution in [2.45, 2.75) is 32.7 Å². The van der Waals surface area contributed by atoms with Crippen LogP contribution in [0.4, 0.5) is 5.69 Å². The molecular weight excluding hydrogens is 324 g/mol. The molecule has 0 fully saturated rings. The van der Waals surface area contributed by atoms with E-state index in [0.29, 0.717) is 18.8 Å². The second-order valence-corrected chi connectivity index (χ2v) is 6.01. The molecule has 2 heterocycles. The van der Waals surface area contributed by atoms with Crippen LogP contribution in [0.3, 0.4) is 0 Å². The molecule has 0 radical (unpaired) electrons. The van der Waals surface area contributed by atoms with E-state index in [2.05, 4.69) is 11.8 Å². The van der Waals surface area contributed by atoms with Gasteiger partial charge in [-0.15, -0.1) is 0 Å². The first kappa shape index (κ1) is 17.1. The molecule has 0 amide bonds. The van der Waals surface area contributed by atoms with E-state index in [4.69, 9.17) is 14.2 Å². The summed E-state index contributed by atoms with van der Waals surface area (Å²) in [7, 11) is 0. The minimum atomic E-state index is -0.439. The summed E-state index contributed by atoms with van der Waals surface area (Å²) in [5.41, 5.74) is 0.753. The monoisotopic (exact) mass is 346 g/mol. The van der Waals surface area contributed by atoms with Gasteiger partial charge in [-0.25, -0.2) is 0 Å². The molecule has 0 unspecified atom stereocenters. The van der Waals surface area contributed by atoms with Crippen LogP contribution in [0.1, 0.15) is 31.7 Å². The topological polar surface area (TPSA) is 74.1 Å². The van der Waals surface area contributed by atoms with Crippen LogP contribution in [0.2, 0.25) is 0 Å². The lowest BCUT2D eigenvalue weighted by molar-refractivity contribution is -0.385. The number of allylic oxidation sites excluding steroid dienone is 1. The van der Waals surface area contributed by atoms with Crippen molar-refractivity contribution in [3.05, 3.63) is 51.9 Å². The quantitative estimate of drug-likeness (QED) is 0.405. The average Bonchev–Trinajstić information content (AvgIpc) is 3.08. The van der Waals surface area contributed by atoms with Crippen molar-refractivity contribution >= 4 is 5.69 Å². The highest BCUT2D eigenvalue weighted by molar-refractivity contribution is 5.59. The Morgan fingerprint density at radius 2 is 2.20 bits per heavy atom. The smallest absolute Gasteiger partial charge is 0.315 e. The fraction of sp³-hybridized carbons (Fsp3) is 0.444. The van der Waals surface area contributed by atoms with Gasteiger partial charge in [-0.2, -0.15) is 0 Å². The predicted molar refractivity (Wildman–Crippen MR) is 92.3 cm³/mol. The van der Waals surface area contributed by atoms with Crippen LogP contribution in [0.25, 0.3) is 0 Å². The van der Waals surface area contributed by atoms with Crippen molar-refractivity contribution in [1.82, 2.24) is 4.90 Å². The molecule has 134 valence electrons. The first-order valence-corrected chi connectivity index (χ1v) is 8.49. The van der Waals surface area contributed by atoms with E-state index in [0.717, 1.165) is 24.4 Å². The number of unbranched alkanes of at least 4 members (excludes halogenated alkanes) is 2. The summed E-state index contributed by atoms with van der Waals surface area (Å²) in [6.45, 7) is 4.16. The van der Waals surface area contributed by atoms with E-state index < -0.39 is 4.92 Å². The average molecular weight is 346 g/mol.